The van der Waals surface area contributed by atoms with Gasteiger partial charge < -0.3 is 15.0 Å². The second kappa shape index (κ2) is 9.37. The highest BCUT2D eigenvalue weighted by Gasteiger charge is 2.22. The van der Waals surface area contributed by atoms with Gasteiger partial charge in [0.05, 0.1) is 19.7 Å². The van der Waals surface area contributed by atoms with E-state index in [1.807, 2.05) is 59.5 Å². The molecule has 6 heteroatoms. The summed E-state index contributed by atoms with van der Waals surface area (Å²) >= 11 is 0. The zero-order valence-corrected chi connectivity index (χ0v) is 16.4. The van der Waals surface area contributed by atoms with Crippen LogP contribution in [0, 0.1) is 0 Å². The number of nitrogens with one attached hydrogen (secondary N) is 1. The summed E-state index contributed by atoms with van der Waals surface area (Å²) in [4.78, 5) is 28.1. The summed E-state index contributed by atoms with van der Waals surface area (Å²) in [5.74, 6) is 0.846. The molecule has 1 aliphatic rings. The molecule has 1 saturated heterocycles. The van der Waals surface area contributed by atoms with Crippen molar-refractivity contribution in [2.75, 3.05) is 39.8 Å². The summed E-state index contributed by atoms with van der Waals surface area (Å²) < 4.78 is 5.24. The first kappa shape index (κ1) is 19.9. The van der Waals surface area contributed by atoms with Crippen LogP contribution in [0.3, 0.4) is 0 Å². The molecule has 1 N–H and O–H groups in total. The highest BCUT2D eigenvalue weighted by Crippen LogP contribution is 2.24. The van der Waals surface area contributed by atoms with Crippen LogP contribution in [0.15, 0.2) is 54.6 Å². The lowest BCUT2D eigenvalue weighted by Crippen LogP contribution is -2.50. The van der Waals surface area contributed by atoms with Crippen molar-refractivity contribution in [2.45, 2.75) is 13.0 Å². The lowest BCUT2D eigenvalue weighted by molar-refractivity contribution is -0.131. The highest BCUT2D eigenvalue weighted by atomic mass is 16.5. The van der Waals surface area contributed by atoms with Gasteiger partial charge in [-0.25, -0.2) is 0 Å². The molecule has 148 valence electrons. The van der Waals surface area contributed by atoms with E-state index in [4.69, 9.17) is 4.74 Å². The van der Waals surface area contributed by atoms with E-state index in [-0.39, 0.29) is 17.9 Å². The average Bonchev–Trinajstić information content (AvgIpc) is 2.73. The van der Waals surface area contributed by atoms with E-state index < -0.39 is 0 Å². The molecule has 0 radical (unpaired) electrons. The first-order chi connectivity index (χ1) is 13.6. The van der Waals surface area contributed by atoms with E-state index in [9.17, 15) is 9.59 Å². The van der Waals surface area contributed by atoms with Gasteiger partial charge in [0.1, 0.15) is 5.75 Å². The first-order valence-electron chi connectivity index (χ1n) is 9.53. The van der Waals surface area contributed by atoms with Gasteiger partial charge in [0, 0.05) is 33.1 Å². The monoisotopic (exact) mass is 381 g/mol. The van der Waals surface area contributed by atoms with Crippen LogP contribution in [0.2, 0.25) is 0 Å². The van der Waals surface area contributed by atoms with Crippen molar-refractivity contribution >= 4 is 11.8 Å². The maximum atomic E-state index is 12.7. The number of amides is 2. The van der Waals surface area contributed by atoms with Crippen molar-refractivity contribution < 1.29 is 14.3 Å². The topological polar surface area (TPSA) is 61.9 Å². The van der Waals surface area contributed by atoms with E-state index in [0.29, 0.717) is 32.7 Å². The molecule has 0 aromatic heterocycles. The number of hydrogen-bond donors (Lipinski definition) is 1. The van der Waals surface area contributed by atoms with Crippen LogP contribution in [0.5, 0.6) is 5.75 Å². The molecule has 1 aliphatic heterocycles. The predicted octanol–water partition coefficient (Wildman–Crippen LogP) is 2.06. The number of nitrogens with zero attached hydrogens (tertiary/aromatic N) is 2. The van der Waals surface area contributed by atoms with E-state index >= 15 is 0 Å². The Morgan fingerprint density at radius 1 is 0.964 bits per heavy atom. The molecule has 2 aromatic rings. The van der Waals surface area contributed by atoms with Crippen molar-refractivity contribution in [3.63, 3.8) is 0 Å². The minimum absolute atomic E-state index is 0.0269. The molecule has 1 fully saturated rings. The maximum Gasteiger partial charge on any atom is 0.234 e. The van der Waals surface area contributed by atoms with Crippen LogP contribution < -0.4 is 10.1 Å². The zero-order chi connectivity index (χ0) is 19.9. The number of hydrogen-bond acceptors (Lipinski definition) is 4. The molecular weight excluding hydrogens is 354 g/mol. The van der Waals surface area contributed by atoms with Crippen molar-refractivity contribution in [1.29, 1.82) is 0 Å². The van der Waals surface area contributed by atoms with E-state index in [2.05, 4.69) is 10.2 Å². The standard InChI is InChI=1S/C22H27N3O3/c1-17(26)25-14-12-24(13-15-25)16-21(27)23-22(18-6-4-3-5-7-18)19-8-10-20(28-2)11-9-19/h3-11,22H,12-16H2,1-2H3,(H,23,27)/t22-/m0/s1. The van der Waals surface area contributed by atoms with Crippen molar-refractivity contribution in [3.05, 3.63) is 65.7 Å². The lowest BCUT2D eigenvalue weighted by Gasteiger charge is -2.34. The Morgan fingerprint density at radius 2 is 1.57 bits per heavy atom. The Morgan fingerprint density at radius 3 is 2.14 bits per heavy atom. The summed E-state index contributed by atoms with van der Waals surface area (Å²) in [7, 11) is 1.64. The minimum Gasteiger partial charge on any atom is -0.497 e. The van der Waals surface area contributed by atoms with Gasteiger partial charge in [-0.2, -0.15) is 0 Å². The summed E-state index contributed by atoms with van der Waals surface area (Å²) in [6, 6.07) is 17.5. The maximum absolute atomic E-state index is 12.7. The van der Waals surface area contributed by atoms with Crippen molar-refractivity contribution in [3.8, 4) is 5.75 Å². The summed E-state index contributed by atoms with van der Waals surface area (Å²) in [6.07, 6.45) is 0. The molecule has 2 aromatic carbocycles. The fourth-order valence-corrected chi connectivity index (χ4v) is 3.43. The Bertz CT molecular complexity index is 784. The molecule has 1 atom stereocenters. The largest absolute Gasteiger partial charge is 0.497 e. The lowest BCUT2D eigenvalue weighted by atomic mass is 9.98. The van der Waals surface area contributed by atoms with E-state index in [0.717, 1.165) is 16.9 Å². The predicted molar refractivity (Wildman–Crippen MR) is 108 cm³/mol. The molecule has 0 aliphatic carbocycles. The van der Waals surface area contributed by atoms with E-state index in [1.54, 1.807) is 14.0 Å². The van der Waals surface area contributed by atoms with Crippen molar-refractivity contribution in [2.24, 2.45) is 0 Å². The fourth-order valence-electron chi connectivity index (χ4n) is 3.43. The summed E-state index contributed by atoms with van der Waals surface area (Å²) in [5, 5.41) is 3.17. The molecule has 0 saturated carbocycles. The zero-order valence-electron chi connectivity index (χ0n) is 16.4. The Hall–Kier alpha value is -2.86. The number of ether oxygens (including phenoxy) is 1. The molecule has 6 nitrogen and oxygen atoms in total. The SMILES string of the molecule is COc1ccc([C@@H](NC(=O)CN2CCN(C(C)=O)CC2)c2ccccc2)cc1. The number of rotatable bonds is 6. The molecule has 0 bridgehead atoms. The van der Waals surface area contributed by atoms with Gasteiger partial charge in [-0.05, 0) is 23.3 Å². The van der Waals surface area contributed by atoms with Gasteiger partial charge in [0.2, 0.25) is 11.8 Å². The quantitative estimate of drug-likeness (QED) is 0.832. The highest BCUT2D eigenvalue weighted by molar-refractivity contribution is 5.79. The molecule has 3 rings (SSSR count). The molecular formula is C22H27N3O3. The van der Waals surface area contributed by atoms with Gasteiger partial charge in [-0.15, -0.1) is 0 Å². The molecule has 0 unspecified atom stereocenters. The van der Waals surface area contributed by atoms with Crippen LogP contribution in [-0.2, 0) is 9.59 Å². The van der Waals surface area contributed by atoms with Gasteiger partial charge in [0.15, 0.2) is 0 Å². The smallest absolute Gasteiger partial charge is 0.234 e. The van der Waals surface area contributed by atoms with Crippen LogP contribution in [0.25, 0.3) is 0 Å². The number of carbonyl (C=O) groups is 2. The summed E-state index contributed by atoms with van der Waals surface area (Å²) in [6.45, 7) is 4.68. The third kappa shape index (κ3) is 5.10. The first-order valence-corrected chi connectivity index (χ1v) is 9.53. The Labute approximate surface area is 166 Å². The van der Waals surface area contributed by atoms with Crippen LogP contribution in [-0.4, -0.2) is 61.4 Å². The molecule has 28 heavy (non-hydrogen) atoms. The Kier molecular flexibility index (Phi) is 6.66. The van der Waals surface area contributed by atoms with Gasteiger partial charge in [0.25, 0.3) is 0 Å². The van der Waals surface area contributed by atoms with Crippen LogP contribution >= 0.6 is 0 Å². The number of piperazine rings is 1. The second-order valence-electron chi connectivity index (χ2n) is 6.97. The third-order valence-corrected chi connectivity index (χ3v) is 5.07. The summed E-state index contributed by atoms with van der Waals surface area (Å²) in [5.41, 5.74) is 2.03. The van der Waals surface area contributed by atoms with Gasteiger partial charge in [-0.3, -0.25) is 14.5 Å². The van der Waals surface area contributed by atoms with Crippen LogP contribution in [0.1, 0.15) is 24.1 Å². The number of methoxy groups -OCH3 is 1. The van der Waals surface area contributed by atoms with Gasteiger partial charge >= 0.3 is 0 Å². The minimum atomic E-state index is -0.224. The normalized spacial score (nSPS) is 15.7. The molecule has 2 amide bonds. The fraction of sp³-hybridized carbons (Fsp3) is 0.364. The Balaban J connectivity index is 1.67. The van der Waals surface area contributed by atoms with E-state index in [1.165, 1.54) is 0 Å². The second-order valence-corrected chi connectivity index (χ2v) is 6.97. The number of benzene rings is 2. The number of carbonyl (C=O) groups excluding carboxylic acids is 2. The third-order valence-electron chi connectivity index (χ3n) is 5.07. The molecule has 1 heterocycles. The van der Waals surface area contributed by atoms with Crippen LogP contribution in [0.4, 0.5) is 0 Å². The average molecular weight is 381 g/mol. The van der Waals surface area contributed by atoms with Crippen molar-refractivity contribution in [1.82, 2.24) is 15.1 Å². The van der Waals surface area contributed by atoms with Gasteiger partial charge in [-0.1, -0.05) is 42.5 Å². The molecule has 0 spiro atoms.